The van der Waals surface area contributed by atoms with Crippen molar-refractivity contribution in [2.24, 2.45) is 114 Å². The van der Waals surface area contributed by atoms with E-state index < -0.39 is 51.9 Å². The Labute approximate surface area is 818 Å². The van der Waals surface area contributed by atoms with Crippen molar-refractivity contribution >= 4 is 53.3 Å². The fourth-order valence-electron chi connectivity index (χ4n) is 30.2. The van der Waals surface area contributed by atoms with Gasteiger partial charge in [0.2, 0.25) is 19.2 Å². The van der Waals surface area contributed by atoms with E-state index in [-0.39, 0.29) is 68.2 Å². The van der Waals surface area contributed by atoms with E-state index in [2.05, 4.69) is 195 Å². The predicted molar refractivity (Wildman–Crippen MR) is 529 cm³/mol. The zero-order valence-corrected chi connectivity index (χ0v) is 86.1. The van der Waals surface area contributed by atoms with Crippen LogP contribution in [-0.2, 0) is 107 Å². The van der Waals surface area contributed by atoms with Gasteiger partial charge in [-0.15, -0.1) is 0 Å². The lowest BCUT2D eigenvalue weighted by atomic mass is 9.43. The van der Waals surface area contributed by atoms with E-state index in [1.54, 1.807) is 0 Å². The Bertz CT molecular complexity index is 4720. The van der Waals surface area contributed by atoms with Crippen molar-refractivity contribution in [3.63, 3.8) is 0 Å². The Morgan fingerprint density at radius 3 is 1.14 bits per heavy atom. The second-order valence-electron chi connectivity index (χ2n) is 45.1. The van der Waals surface area contributed by atoms with Crippen LogP contribution >= 0.6 is 0 Å². The number of fused-ring (bicyclic) bond motifs is 11. The number of methoxy groups -OCH3 is 2. The third-order valence-electron chi connectivity index (χ3n) is 38.6. The summed E-state index contributed by atoms with van der Waals surface area (Å²) in [5.41, 5.74) is 11.2. The van der Waals surface area contributed by atoms with Crippen molar-refractivity contribution in [3.05, 3.63) is 180 Å². The highest BCUT2D eigenvalue weighted by Crippen LogP contribution is 2.69. The summed E-state index contributed by atoms with van der Waals surface area (Å²) >= 11 is -4.92. The largest absolute Gasteiger partial charge is 0.491 e. The molecular formula is C109H159N3O21S3. The molecule has 8 heterocycles. The quantitative estimate of drug-likeness (QED) is 0.0629. The molecule has 0 bridgehead atoms. The Kier molecular flexibility index (Phi) is 33.0. The summed E-state index contributed by atoms with van der Waals surface area (Å²) in [6.45, 7) is 68.7. The first-order valence-corrected chi connectivity index (χ1v) is 53.2. The maximum atomic E-state index is 12.0. The molecule has 10 aliphatic carbocycles. The van der Waals surface area contributed by atoms with Gasteiger partial charge in [0.05, 0.1) is 68.0 Å². The minimum atomic E-state index is -1.67. The zero-order valence-electron chi connectivity index (χ0n) is 83.7. The van der Waals surface area contributed by atoms with E-state index in [9.17, 15) is 37.2 Å². The van der Waals surface area contributed by atoms with E-state index in [1.807, 2.05) is 14.2 Å². The number of rotatable bonds is 18. The lowest BCUT2D eigenvalue weighted by Gasteiger charge is -2.64. The van der Waals surface area contributed by atoms with Crippen molar-refractivity contribution in [2.75, 3.05) is 67.1 Å². The van der Waals surface area contributed by atoms with Gasteiger partial charge in [0.25, 0.3) is 0 Å². The highest BCUT2D eigenvalue weighted by Gasteiger charge is 2.67. The number of allylic oxidation sites excluding steroid dienone is 11. The second kappa shape index (κ2) is 42.6. The van der Waals surface area contributed by atoms with E-state index >= 15 is 0 Å². The SMILES string of the molecule is C=C1OCC(NC=O)/C1=C\C[C@@H]1C(=C)CC[C@@H]2[C@]3(C)COS(=O)O[C@@H]3CC[C@]21C.C=C1OCC(NC=O)/C1=C\C[C@@H]1C(=C)CC[C@@H]2[C@]3(C)COS(=O)O[C@@H]3CC[C@]21C.C=C1OCC(NC=O)/C1=C\C[C@@H]1C(=C)CC[C@H]2[C@@]1(C)CC[C@@]1(C)OS(=O)OC[C@@]21C.C=C1OC[C@@H](O)/C1=C\C[C@@H]1C(=C)CC[C@@H]2[C@@H](C)[C@H](OC)CC[C@@]12C.C=C1OC[C@@H](O)/C1=C\C[C@@H]1C(C)=CC[C@@H]2[C@@H](C)C(OC)CC[C@@]12C. The Balaban J connectivity index is 0.000000136. The summed E-state index contributed by atoms with van der Waals surface area (Å²) < 4.78 is 108. The van der Waals surface area contributed by atoms with Crippen molar-refractivity contribution in [1.29, 1.82) is 0 Å². The number of carbonyl (C=O) groups is 3. The molecule has 9 saturated carbocycles. The van der Waals surface area contributed by atoms with Crippen molar-refractivity contribution in [1.82, 2.24) is 16.0 Å². The maximum absolute atomic E-state index is 12.0. The van der Waals surface area contributed by atoms with Crippen LogP contribution in [0.1, 0.15) is 237 Å². The van der Waals surface area contributed by atoms with Gasteiger partial charge in [-0.3, -0.25) is 39.5 Å². The molecule has 27 heteroatoms. The van der Waals surface area contributed by atoms with E-state index in [4.69, 9.17) is 58.3 Å². The third-order valence-corrected chi connectivity index (χ3v) is 40.8. The number of nitrogens with one attached hydrogen (secondary N) is 3. The molecule has 0 radical (unpaired) electrons. The molecular weight excluding hydrogens is 1780 g/mol. The standard InChI is InChI=1S/C23H33NO5S.2C22H31NO5S.2C21H32O3/c1-15-6-9-20-21(3,10-11-23(5)22(20,4)13-28-30(26)29-23)18(15)8-7-17-16(2)27-12-19(17)24-14-25;2*1-14-5-8-19-21(3,10-9-20-22(19,4)12-27-29(25)28-20)17(14)7-6-16-15(2)26-11-18(16)23-13-24;2*1-13-6-8-18-14(2)20(23-5)10-11-21(18,4)17(13)9-7-16-15(3)24-12-19(16)22/h7,14,18-20H,1-2,6,8-13H2,3-5H3,(H,24,25);2*6,13,17-20H,1-2,5,7-12H2,3-4H3,(H,23,24);6-7,14,17-20,22H,3,8-12H2,1-2,4-5H3;7,14,17-20,22H,1,3,6,8-12H2,2,4-5H3/b17-7-;2*16-6-;2*16-7-/t18-,19?,20+,21+,22+,23-,30?;2*17-,18?,19+,20-,21+,22+,29?;14-,17-,18-,19-,20?,21+;14-,17-,18-,19-,20-,21+/m11111/s1. The average Bonchev–Trinajstić information content (AvgIpc) is 0.731. The third kappa shape index (κ3) is 20.1. The highest BCUT2D eigenvalue weighted by atomic mass is 32.2. The average molecular weight is 1940 g/mol. The lowest BCUT2D eigenvalue weighted by molar-refractivity contribution is -0.202. The molecule has 18 rings (SSSR count). The Morgan fingerprint density at radius 1 is 0.404 bits per heavy atom. The van der Waals surface area contributed by atoms with Crippen molar-refractivity contribution in [2.45, 2.75) is 298 Å². The smallest absolute Gasteiger partial charge is 0.305 e. The van der Waals surface area contributed by atoms with Crippen LogP contribution in [-0.4, -0.2) is 169 Å². The lowest BCUT2D eigenvalue weighted by Crippen LogP contribution is -2.65. The van der Waals surface area contributed by atoms with Crippen LogP contribution in [0.2, 0.25) is 0 Å². The van der Waals surface area contributed by atoms with Crippen LogP contribution in [0.3, 0.4) is 0 Å². The first-order valence-electron chi connectivity index (χ1n) is 50.2. The van der Waals surface area contributed by atoms with Crippen LogP contribution in [0.5, 0.6) is 0 Å². The van der Waals surface area contributed by atoms with Crippen molar-refractivity contribution < 1.29 is 95.5 Å². The number of amides is 3. The molecule has 5 N–H and O–H groups in total. The Hall–Kier alpha value is -6.44. The van der Waals surface area contributed by atoms with Gasteiger partial charge < -0.3 is 59.3 Å². The van der Waals surface area contributed by atoms with E-state index in [0.717, 1.165) is 163 Å². The fourth-order valence-corrected chi connectivity index (χ4v) is 33.0. The first kappa shape index (κ1) is 105. The summed E-state index contributed by atoms with van der Waals surface area (Å²) in [6, 6.07) is -0.412. The molecule has 0 spiro atoms. The number of carbonyl (C=O) groups excluding carboxylic acids is 3. The van der Waals surface area contributed by atoms with Gasteiger partial charge >= 0.3 is 34.1 Å². The molecule has 18 aliphatic rings. The Morgan fingerprint density at radius 2 is 0.743 bits per heavy atom. The molecule has 0 aromatic rings. The summed E-state index contributed by atoms with van der Waals surface area (Å²) in [5, 5.41) is 28.6. The van der Waals surface area contributed by atoms with Crippen LogP contribution in [0.4, 0.5) is 0 Å². The van der Waals surface area contributed by atoms with E-state index in [1.165, 1.54) is 47.1 Å². The number of hydrogen-bond acceptors (Lipinski definition) is 21. The van der Waals surface area contributed by atoms with Gasteiger partial charge in [0.15, 0.2) is 0 Å². The molecule has 33 atom stereocenters. The molecule has 754 valence electrons. The maximum Gasteiger partial charge on any atom is 0.305 e. The monoisotopic (exact) mass is 1940 g/mol. The molecule has 17 fully saturated rings. The normalized spacial score (nSPS) is 45.7. The fraction of sp³-hybridized carbons (Fsp3) is 0.697. The minimum absolute atomic E-state index is 0.0234. The second-order valence-corrected chi connectivity index (χ2v) is 47.5. The van der Waals surface area contributed by atoms with Crippen LogP contribution in [0, 0.1) is 114 Å². The first-order chi connectivity index (χ1) is 64.5. The zero-order chi connectivity index (χ0) is 98.3. The summed E-state index contributed by atoms with van der Waals surface area (Å²) in [6.07, 6.45) is 39.4. The van der Waals surface area contributed by atoms with Gasteiger partial charge in [-0.05, 0) is 266 Å². The predicted octanol–water partition coefficient (Wildman–Crippen LogP) is 18.9. The van der Waals surface area contributed by atoms with E-state index in [0.29, 0.717) is 190 Å². The van der Waals surface area contributed by atoms with Gasteiger partial charge in [-0.2, -0.15) is 12.6 Å². The molecule has 8 saturated heterocycles. The molecule has 0 aromatic carbocycles. The number of aliphatic hydroxyl groups is 2. The van der Waals surface area contributed by atoms with Gasteiger partial charge in [0.1, 0.15) is 74.0 Å². The summed E-state index contributed by atoms with van der Waals surface area (Å²) in [5.74, 6) is 8.83. The van der Waals surface area contributed by atoms with Crippen molar-refractivity contribution in [3.8, 4) is 0 Å². The summed E-state index contributed by atoms with van der Waals surface area (Å²) in [4.78, 5) is 32.8. The van der Waals surface area contributed by atoms with Crippen LogP contribution in [0.25, 0.3) is 0 Å². The number of aliphatic hydroxyl groups excluding tert-OH is 2. The molecule has 7 unspecified atom stereocenters. The van der Waals surface area contributed by atoms with Crippen LogP contribution in [0.15, 0.2) is 180 Å². The van der Waals surface area contributed by atoms with Gasteiger partial charge in [-0.25, -0.2) is 0 Å². The molecule has 136 heavy (non-hydrogen) atoms. The highest BCUT2D eigenvalue weighted by molar-refractivity contribution is 7.75. The molecule has 8 aliphatic heterocycles. The molecule has 3 amide bonds. The topological polar surface area (TPSA) is 299 Å². The molecule has 24 nitrogen and oxygen atoms in total. The van der Waals surface area contributed by atoms with Crippen LogP contribution < -0.4 is 16.0 Å². The number of hydrogen-bond donors (Lipinski definition) is 5. The molecule has 0 aromatic heterocycles. The van der Waals surface area contributed by atoms with Gasteiger partial charge in [0, 0.05) is 58.3 Å². The van der Waals surface area contributed by atoms with Gasteiger partial charge in [-0.1, -0.05) is 193 Å². The summed E-state index contributed by atoms with van der Waals surface area (Å²) in [7, 11) is 3.70. The minimum Gasteiger partial charge on any atom is -0.491 e. The number of ether oxygens (including phenoxy) is 7.